The first kappa shape index (κ1) is 16.2. The molecule has 2 heterocycles. The maximum absolute atomic E-state index is 12.1. The largest absolute Gasteiger partial charge is 0.356 e. The van der Waals surface area contributed by atoms with Gasteiger partial charge < -0.3 is 4.52 Å². The third-order valence-corrected chi connectivity index (χ3v) is 5.04. The van der Waals surface area contributed by atoms with Crippen LogP contribution in [0.3, 0.4) is 0 Å². The molecule has 0 spiro atoms. The monoisotopic (exact) mass is 343 g/mol. The number of benzene rings is 1. The molecule has 0 unspecified atom stereocenters. The Hall–Kier alpha value is -2.67. The van der Waals surface area contributed by atoms with Crippen molar-refractivity contribution in [3.05, 3.63) is 51.3 Å². The first-order valence-corrected chi connectivity index (χ1v) is 8.42. The van der Waals surface area contributed by atoms with Crippen molar-refractivity contribution in [2.45, 2.75) is 26.7 Å². The molecule has 124 valence electrons. The summed E-state index contributed by atoms with van der Waals surface area (Å²) in [5, 5.41) is 4.69. The Morgan fingerprint density at radius 1 is 1.25 bits per heavy atom. The lowest BCUT2D eigenvalue weighted by Crippen LogP contribution is -2.42. The molecule has 0 aliphatic carbocycles. The van der Waals surface area contributed by atoms with Crippen LogP contribution in [0.15, 0.2) is 34.9 Å². The lowest BCUT2D eigenvalue weighted by Gasteiger charge is -2.05. The Morgan fingerprint density at radius 2 is 2.04 bits per heavy atom. The summed E-state index contributed by atoms with van der Waals surface area (Å²) in [4.78, 5) is 25.9. The van der Waals surface area contributed by atoms with E-state index in [-0.39, 0.29) is 18.2 Å². The highest BCUT2D eigenvalue weighted by molar-refractivity contribution is 7.14. The van der Waals surface area contributed by atoms with Crippen molar-refractivity contribution in [3.8, 4) is 0 Å². The summed E-state index contributed by atoms with van der Waals surface area (Å²) < 4.78 is 5.16. The number of aryl methyl sites for hydroxylation is 2. The molecule has 2 aromatic heterocycles. The molecule has 0 radical (unpaired) electrons. The maximum Gasteiger partial charge on any atom is 0.279 e. The van der Waals surface area contributed by atoms with Crippen LogP contribution in [0.2, 0.25) is 0 Å². The molecule has 0 atom stereocenters. The Kier molecular flexibility index (Phi) is 4.61. The predicted molar refractivity (Wildman–Crippen MR) is 91.8 cm³/mol. The summed E-state index contributed by atoms with van der Waals surface area (Å²) in [6.07, 6.45) is 0.913. The van der Waals surface area contributed by atoms with E-state index in [0.29, 0.717) is 16.2 Å². The van der Waals surface area contributed by atoms with E-state index in [1.807, 2.05) is 38.1 Å². The summed E-state index contributed by atoms with van der Waals surface area (Å²) in [6, 6.07) is 9.15. The van der Waals surface area contributed by atoms with Gasteiger partial charge in [0.15, 0.2) is 5.58 Å². The van der Waals surface area contributed by atoms with Crippen LogP contribution in [0.1, 0.15) is 32.7 Å². The van der Waals surface area contributed by atoms with Crippen molar-refractivity contribution in [1.82, 2.24) is 16.0 Å². The van der Waals surface area contributed by atoms with E-state index in [4.69, 9.17) is 4.52 Å². The van der Waals surface area contributed by atoms with Gasteiger partial charge in [0, 0.05) is 10.3 Å². The Balaban J connectivity index is 1.60. The highest BCUT2D eigenvalue weighted by atomic mass is 32.1. The highest BCUT2D eigenvalue weighted by Gasteiger charge is 2.15. The second-order valence-corrected chi connectivity index (χ2v) is 6.51. The number of fused-ring (bicyclic) bond motifs is 1. The number of para-hydroxylation sites is 1. The van der Waals surface area contributed by atoms with Crippen molar-refractivity contribution >= 4 is 34.1 Å². The van der Waals surface area contributed by atoms with Gasteiger partial charge in [-0.15, -0.1) is 11.3 Å². The molecule has 3 aromatic rings. The molecule has 1 aromatic carbocycles. The minimum atomic E-state index is -0.355. The van der Waals surface area contributed by atoms with Crippen molar-refractivity contribution in [2.24, 2.45) is 0 Å². The van der Waals surface area contributed by atoms with Gasteiger partial charge >= 0.3 is 0 Å². The molecule has 0 aliphatic heterocycles. The van der Waals surface area contributed by atoms with Gasteiger partial charge in [-0.25, -0.2) is 0 Å². The number of rotatable bonds is 4. The van der Waals surface area contributed by atoms with Crippen LogP contribution in [0.4, 0.5) is 0 Å². The van der Waals surface area contributed by atoms with E-state index in [1.54, 1.807) is 6.07 Å². The molecule has 0 bridgehead atoms. The van der Waals surface area contributed by atoms with E-state index >= 15 is 0 Å². The van der Waals surface area contributed by atoms with Crippen LogP contribution >= 0.6 is 11.3 Å². The smallest absolute Gasteiger partial charge is 0.279 e. The quantitative estimate of drug-likeness (QED) is 0.714. The number of aromatic nitrogens is 1. The molecule has 6 nitrogen and oxygen atoms in total. The van der Waals surface area contributed by atoms with E-state index in [2.05, 4.69) is 16.0 Å². The van der Waals surface area contributed by atoms with Crippen LogP contribution in [0.5, 0.6) is 0 Å². The molecule has 7 heteroatoms. The molecule has 0 saturated carbocycles. The lowest BCUT2D eigenvalue weighted by atomic mass is 10.2. The van der Waals surface area contributed by atoms with Gasteiger partial charge in [0.1, 0.15) is 5.69 Å². The van der Waals surface area contributed by atoms with Crippen molar-refractivity contribution < 1.29 is 14.1 Å². The fraction of sp³-hybridized carbons (Fsp3) is 0.235. The lowest BCUT2D eigenvalue weighted by molar-refractivity contribution is -0.121. The van der Waals surface area contributed by atoms with Crippen molar-refractivity contribution in [2.75, 3.05) is 0 Å². The standard InChI is InChI=1S/C17H17N3O3S/c1-3-14-10(2)8-15(24-14)17(22)19-18-16(21)9-12-11-6-4-5-7-13(11)23-20-12/h4-8H,3,9H2,1-2H3,(H,18,21)(H,19,22). The average molecular weight is 343 g/mol. The summed E-state index contributed by atoms with van der Waals surface area (Å²) in [6.45, 7) is 4.02. The van der Waals surface area contributed by atoms with Gasteiger partial charge in [0.25, 0.3) is 5.91 Å². The van der Waals surface area contributed by atoms with Gasteiger partial charge in [-0.2, -0.15) is 0 Å². The van der Waals surface area contributed by atoms with Crippen LogP contribution in [0, 0.1) is 6.92 Å². The van der Waals surface area contributed by atoms with E-state index in [1.165, 1.54) is 16.2 Å². The molecule has 0 fully saturated rings. The zero-order chi connectivity index (χ0) is 17.1. The predicted octanol–water partition coefficient (Wildman–Crippen LogP) is 2.76. The Bertz CT molecular complexity index is 898. The molecule has 0 aliphatic rings. The number of thiophene rings is 1. The number of hydrazine groups is 1. The third-order valence-electron chi connectivity index (χ3n) is 3.66. The second kappa shape index (κ2) is 6.84. The number of carbonyl (C=O) groups excluding carboxylic acids is 2. The van der Waals surface area contributed by atoms with Crippen LogP contribution in [-0.2, 0) is 17.6 Å². The van der Waals surface area contributed by atoms with Gasteiger partial charge in [-0.3, -0.25) is 20.4 Å². The zero-order valence-electron chi connectivity index (χ0n) is 13.4. The summed E-state index contributed by atoms with van der Waals surface area (Å²) in [5.41, 5.74) is 7.11. The third kappa shape index (κ3) is 3.30. The van der Waals surface area contributed by atoms with Gasteiger partial charge in [0.05, 0.1) is 11.3 Å². The molecule has 2 amide bonds. The van der Waals surface area contributed by atoms with Crippen LogP contribution in [0.25, 0.3) is 11.0 Å². The molecular weight excluding hydrogens is 326 g/mol. The maximum atomic E-state index is 12.1. The number of carbonyl (C=O) groups is 2. The van der Waals surface area contributed by atoms with Crippen molar-refractivity contribution in [1.29, 1.82) is 0 Å². The first-order chi connectivity index (χ1) is 11.6. The van der Waals surface area contributed by atoms with E-state index < -0.39 is 0 Å². The van der Waals surface area contributed by atoms with Gasteiger partial charge in [-0.05, 0) is 37.1 Å². The number of hydrogen-bond donors (Lipinski definition) is 2. The Morgan fingerprint density at radius 3 is 2.79 bits per heavy atom. The molecular formula is C17H17N3O3S. The molecule has 3 rings (SSSR count). The van der Waals surface area contributed by atoms with Crippen LogP contribution in [-0.4, -0.2) is 17.0 Å². The summed E-state index contributed by atoms with van der Waals surface area (Å²) in [5.74, 6) is -0.674. The average Bonchev–Trinajstić information content (AvgIpc) is 3.16. The topological polar surface area (TPSA) is 84.2 Å². The SMILES string of the molecule is CCc1sc(C(=O)NNC(=O)Cc2noc3ccccc23)cc1C. The second-order valence-electron chi connectivity index (χ2n) is 5.37. The number of nitrogens with one attached hydrogen (secondary N) is 2. The normalized spacial score (nSPS) is 10.8. The Labute approximate surface area is 142 Å². The minimum absolute atomic E-state index is 0.0287. The molecule has 24 heavy (non-hydrogen) atoms. The molecule has 2 N–H and O–H groups in total. The summed E-state index contributed by atoms with van der Waals surface area (Å²) >= 11 is 1.44. The fourth-order valence-corrected chi connectivity index (χ4v) is 3.44. The number of nitrogens with zero attached hydrogens (tertiary/aromatic N) is 1. The van der Waals surface area contributed by atoms with Gasteiger partial charge in [-0.1, -0.05) is 24.2 Å². The van der Waals surface area contributed by atoms with E-state index in [9.17, 15) is 9.59 Å². The van der Waals surface area contributed by atoms with Gasteiger partial charge in [0.2, 0.25) is 5.91 Å². The summed E-state index contributed by atoms with van der Waals surface area (Å²) in [7, 11) is 0. The van der Waals surface area contributed by atoms with Crippen LogP contribution < -0.4 is 10.9 Å². The minimum Gasteiger partial charge on any atom is -0.356 e. The highest BCUT2D eigenvalue weighted by Crippen LogP contribution is 2.22. The van der Waals surface area contributed by atoms with E-state index in [0.717, 1.165) is 17.4 Å². The number of amides is 2. The zero-order valence-corrected chi connectivity index (χ0v) is 14.2. The number of hydrogen-bond acceptors (Lipinski definition) is 5. The van der Waals surface area contributed by atoms with Crippen molar-refractivity contribution in [3.63, 3.8) is 0 Å². The fourth-order valence-electron chi connectivity index (χ4n) is 2.43. The first-order valence-electron chi connectivity index (χ1n) is 7.60. The molecule has 0 saturated heterocycles.